The summed E-state index contributed by atoms with van der Waals surface area (Å²) in [6, 6.07) is 3.85. The molecule has 0 spiro atoms. The molecule has 0 aliphatic heterocycles. The van der Waals surface area contributed by atoms with Crippen LogP contribution in [0.3, 0.4) is 0 Å². The van der Waals surface area contributed by atoms with E-state index in [9.17, 15) is 9.90 Å². The van der Waals surface area contributed by atoms with E-state index in [4.69, 9.17) is 0 Å². The molecule has 1 heterocycles. The number of amides is 1. The summed E-state index contributed by atoms with van der Waals surface area (Å²) in [6.45, 7) is 0.391. The van der Waals surface area contributed by atoms with Crippen LogP contribution in [0.15, 0.2) is 24.5 Å². The van der Waals surface area contributed by atoms with Gasteiger partial charge in [-0.25, -0.2) is 0 Å². The summed E-state index contributed by atoms with van der Waals surface area (Å²) in [5.41, 5.74) is 0.423. The zero-order valence-corrected chi connectivity index (χ0v) is 12.0. The van der Waals surface area contributed by atoms with Gasteiger partial charge < -0.3 is 10.4 Å². The molecule has 1 aliphatic rings. The van der Waals surface area contributed by atoms with Gasteiger partial charge >= 0.3 is 0 Å². The van der Waals surface area contributed by atoms with Crippen molar-refractivity contribution < 1.29 is 9.90 Å². The topological polar surface area (TPSA) is 62.2 Å². The quantitative estimate of drug-likeness (QED) is 0.811. The van der Waals surface area contributed by atoms with Gasteiger partial charge in [0.05, 0.1) is 5.60 Å². The summed E-state index contributed by atoms with van der Waals surface area (Å²) < 4.78 is 0. The van der Waals surface area contributed by atoms with Crippen molar-refractivity contribution >= 4 is 5.91 Å². The highest BCUT2D eigenvalue weighted by Gasteiger charge is 2.28. The van der Waals surface area contributed by atoms with E-state index in [2.05, 4.69) is 10.3 Å². The molecule has 0 aromatic carbocycles. The van der Waals surface area contributed by atoms with Gasteiger partial charge in [0, 0.05) is 25.4 Å². The van der Waals surface area contributed by atoms with Gasteiger partial charge in [0.25, 0.3) is 0 Å². The van der Waals surface area contributed by atoms with E-state index in [0.717, 1.165) is 31.2 Å². The predicted molar refractivity (Wildman–Crippen MR) is 78.2 cm³/mol. The van der Waals surface area contributed by atoms with E-state index in [1.807, 2.05) is 12.1 Å². The molecule has 0 unspecified atom stereocenters. The van der Waals surface area contributed by atoms with Crippen LogP contribution in [0.4, 0.5) is 0 Å². The number of rotatable bonds is 5. The molecule has 2 rings (SSSR count). The summed E-state index contributed by atoms with van der Waals surface area (Å²) in [6.07, 6.45) is 10.8. The van der Waals surface area contributed by atoms with Crippen molar-refractivity contribution in [1.29, 1.82) is 0 Å². The van der Waals surface area contributed by atoms with E-state index in [1.54, 1.807) is 12.4 Å². The van der Waals surface area contributed by atoms with Gasteiger partial charge in [0.2, 0.25) is 5.91 Å². The molecule has 0 atom stereocenters. The molecule has 1 fully saturated rings. The standard InChI is InChI=1S/C16H24N2O2/c19-15(6-5-14-7-11-17-12-8-14)18-13-16(20)9-3-1-2-4-10-16/h7-8,11-12,20H,1-6,9-10,13H2,(H,18,19). The normalized spacial score (nSPS) is 18.2. The fourth-order valence-corrected chi connectivity index (χ4v) is 2.72. The van der Waals surface area contributed by atoms with Crippen LogP contribution in [-0.4, -0.2) is 28.1 Å². The lowest BCUT2D eigenvalue weighted by Crippen LogP contribution is -2.42. The third-order valence-corrected chi connectivity index (χ3v) is 4.04. The Bertz CT molecular complexity index is 412. The lowest BCUT2D eigenvalue weighted by atomic mass is 9.94. The van der Waals surface area contributed by atoms with Gasteiger partial charge in [-0.15, -0.1) is 0 Å². The van der Waals surface area contributed by atoms with E-state index in [1.165, 1.54) is 12.8 Å². The molecule has 1 amide bonds. The number of pyridine rings is 1. The van der Waals surface area contributed by atoms with Gasteiger partial charge in [-0.1, -0.05) is 25.7 Å². The van der Waals surface area contributed by atoms with E-state index >= 15 is 0 Å². The van der Waals surface area contributed by atoms with Gasteiger partial charge in [-0.2, -0.15) is 0 Å². The van der Waals surface area contributed by atoms with Crippen LogP contribution in [0.2, 0.25) is 0 Å². The Morgan fingerprint density at radius 2 is 1.85 bits per heavy atom. The Morgan fingerprint density at radius 3 is 2.50 bits per heavy atom. The number of carbonyl (C=O) groups excluding carboxylic acids is 1. The first kappa shape index (κ1) is 15.0. The molecule has 0 bridgehead atoms. The predicted octanol–water partition coefficient (Wildman–Crippen LogP) is 2.22. The molecule has 0 saturated heterocycles. The second-order valence-electron chi connectivity index (χ2n) is 5.77. The van der Waals surface area contributed by atoms with Gasteiger partial charge in [0.15, 0.2) is 0 Å². The minimum Gasteiger partial charge on any atom is -0.388 e. The van der Waals surface area contributed by atoms with Crippen molar-refractivity contribution in [2.75, 3.05) is 6.54 Å². The summed E-state index contributed by atoms with van der Waals surface area (Å²) in [5.74, 6) is 0.0134. The Balaban J connectivity index is 1.71. The smallest absolute Gasteiger partial charge is 0.220 e. The Hall–Kier alpha value is -1.42. The van der Waals surface area contributed by atoms with Gasteiger partial charge in [0.1, 0.15) is 0 Å². The highest BCUT2D eigenvalue weighted by atomic mass is 16.3. The van der Waals surface area contributed by atoms with Crippen LogP contribution in [0, 0.1) is 0 Å². The van der Waals surface area contributed by atoms with E-state index in [0.29, 0.717) is 19.4 Å². The van der Waals surface area contributed by atoms with Crippen LogP contribution in [0.25, 0.3) is 0 Å². The van der Waals surface area contributed by atoms with Crippen molar-refractivity contribution in [3.63, 3.8) is 0 Å². The molecular weight excluding hydrogens is 252 g/mol. The van der Waals surface area contributed by atoms with Gasteiger partial charge in [-0.3, -0.25) is 9.78 Å². The fraction of sp³-hybridized carbons (Fsp3) is 0.625. The van der Waals surface area contributed by atoms with E-state index in [-0.39, 0.29) is 5.91 Å². The average Bonchev–Trinajstić information content (AvgIpc) is 2.69. The lowest BCUT2D eigenvalue weighted by molar-refractivity contribution is -0.122. The molecule has 1 aliphatic carbocycles. The van der Waals surface area contributed by atoms with Crippen molar-refractivity contribution in [3.05, 3.63) is 30.1 Å². The number of hydrogen-bond acceptors (Lipinski definition) is 3. The molecule has 1 aromatic heterocycles. The molecule has 1 saturated carbocycles. The van der Waals surface area contributed by atoms with Gasteiger partial charge in [-0.05, 0) is 37.0 Å². The maximum absolute atomic E-state index is 11.8. The molecule has 0 radical (unpaired) electrons. The second-order valence-corrected chi connectivity index (χ2v) is 5.77. The third-order valence-electron chi connectivity index (χ3n) is 4.04. The third kappa shape index (κ3) is 4.93. The van der Waals surface area contributed by atoms with Crippen molar-refractivity contribution in [2.24, 2.45) is 0 Å². The summed E-state index contributed by atoms with van der Waals surface area (Å²) in [7, 11) is 0. The minimum atomic E-state index is -0.692. The number of nitrogens with zero attached hydrogens (tertiary/aromatic N) is 1. The van der Waals surface area contributed by atoms with Crippen molar-refractivity contribution in [3.8, 4) is 0 Å². The van der Waals surface area contributed by atoms with Crippen LogP contribution in [0.1, 0.15) is 50.5 Å². The number of aryl methyl sites for hydroxylation is 1. The lowest BCUT2D eigenvalue weighted by Gasteiger charge is -2.26. The number of nitrogens with one attached hydrogen (secondary N) is 1. The van der Waals surface area contributed by atoms with Crippen molar-refractivity contribution in [2.45, 2.75) is 57.0 Å². The second kappa shape index (κ2) is 7.39. The van der Waals surface area contributed by atoms with Crippen LogP contribution in [-0.2, 0) is 11.2 Å². The molecule has 110 valence electrons. The number of carbonyl (C=O) groups is 1. The van der Waals surface area contributed by atoms with Crippen LogP contribution < -0.4 is 5.32 Å². The molecule has 20 heavy (non-hydrogen) atoms. The maximum Gasteiger partial charge on any atom is 0.220 e. The Labute approximate surface area is 120 Å². The molecular formula is C16H24N2O2. The molecule has 4 nitrogen and oxygen atoms in total. The number of aromatic nitrogens is 1. The Kier molecular flexibility index (Phi) is 5.53. The average molecular weight is 276 g/mol. The largest absolute Gasteiger partial charge is 0.388 e. The van der Waals surface area contributed by atoms with Crippen LogP contribution >= 0.6 is 0 Å². The highest BCUT2D eigenvalue weighted by molar-refractivity contribution is 5.76. The van der Waals surface area contributed by atoms with Crippen molar-refractivity contribution in [1.82, 2.24) is 10.3 Å². The first-order valence-electron chi connectivity index (χ1n) is 7.56. The number of hydrogen-bond donors (Lipinski definition) is 2. The maximum atomic E-state index is 11.8. The Morgan fingerprint density at radius 1 is 1.20 bits per heavy atom. The summed E-state index contributed by atoms with van der Waals surface area (Å²) in [4.78, 5) is 15.8. The fourth-order valence-electron chi connectivity index (χ4n) is 2.72. The zero-order chi connectivity index (χ0) is 14.3. The van der Waals surface area contributed by atoms with E-state index < -0.39 is 5.60 Å². The highest BCUT2D eigenvalue weighted by Crippen LogP contribution is 2.26. The summed E-state index contributed by atoms with van der Waals surface area (Å²) >= 11 is 0. The first-order chi connectivity index (χ1) is 9.68. The van der Waals surface area contributed by atoms with Crippen LogP contribution in [0.5, 0.6) is 0 Å². The number of aliphatic hydroxyl groups is 1. The molecule has 2 N–H and O–H groups in total. The molecule has 1 aromatic rings. The first-order valence-corrected chi connectivity index (χ1v) is 7.56. The SMILES string of the molecule is O=C(CCc1ccncc1)NCC1(O)CCCCCC1. The molecule has 4 heteroatoms. The zero-order valence-electron chi connectivity index (χ0n) is 12.0. The summed E-state index contributed by atoms with van der Waals surface area (Å²) in [5, 5.41) is 13.3. The monoisotopic (exact) mass is 276 g/mol. The minimum absolute atomic E-state index is 0.0134.